The zero-order valence-corrected chi connectivity index (χ0v) is 17.1. The molecule has 0 aliphatic carbocycles. The molecule has 28 heavy (non-hydrogen) atoms. The number of hydrogen-bond donors (Lipinski definition) is 1. The molecule has 0 saturated heterocycles. The third-order valence-electron chi connectivity index (χ3n) is 4.68. The van der Waals surface area contributed by atoms with Crippen molar-refractivity contribution in [1.82, 2.24) is 0 Å². The SMILES string of the molecule is Cc1cccc(S(=O)(=O)c2csc3c2NC(=O)CC3c2ccc(F)cc2Cl)c1. The summed E-state index contributed by atoms with van der Waals surface area (Å²) in [5, 5.41) is 4.46. The molecule has 0 spiro atoms. The predicted octanol–water partition coefficient (Wildman–Crippen LogP) is 5.16. The van der Waals surface area contributed by atoms with E-state index in [1.165, 1.54) is 29.5 Å². The van der Waals surface area contributed by atoms with Gasteiger partial charge in [0.05, 0.1) is 10.6 Å². The lowest BCUT2D eigenvalue weighted by atomic mass is 9.90. The van der Waals surface area contributed by atoms with Crippen molar-refractivity contribution in [2.45, 2.75) is 29.1 Å². The first kappa shape index (κ1) is 19.1. The van der Waals surface area contributed by atoms with Crippen LogP contribution in [0.25, 0.3) is 0 Å². The fraction of sp³-hybridized carbons (Fsp3) is 0.150. The van der Waals surface area contributed by atoms with E-state index < -0.39 is 21.6 Å². The van der Waals surface area contributed by atoms with Gasteiger partial charge in [-0.2, -0.15) is 0 Å². The number of fused-ring (bicyclic) bond motifs is 1. The molecule has 8 heteroatoms. The number of sulfone groups is 1. The van der Waals surface area contributed by atoms with Crippen LogP contribution < -0.4 is 5.32 Å². The van der Waals surface area contributed by atoms with Gasteiger partial charge in [0, 0.05) is 27.6 Å². The molecule has 1 atom stereocenters. The topological polar surface area (TPSA) is 63.2 Å². The number of thiophene rings is 1. The second-order valence-electron chi connectivity index (χ2n) is 6.63. The van der Waals surface area contributed by atoms with Gasteiger partial charge in [-0.1, -0.05) is 29.8 Å². The van der Waals surface area contributed by atoms with Crippen LogP contribution in [0.15, 0.2) is 57.6 Å². The third kappa shape index (κ3) is 3.23. The highest BCUT2D eigenvalue weighted by molar-refractivity contribution is 7.91. The van der Waals surface area contributed by atoms with E-state index in [0.29, 0.717) is 10.4 Å². The van der Waals surface area contributed by atoms with E-state index in [9.17, 15) is 17.6 Å². The van der Waals surface area contributed by atoms with E-state index in [-0.39, 0.29) is 32.8 Å². The van der Waals surface area contributed by atoms with Crippen molar-refractivity contribution < 1.29 is 17.6 Å². The Kier molecular flexibility index (Phi) is 4.77. The minimum atomic E-state index is -3.80. The van der Waals surface area contributed by atoms with Gasteiger partial charge in [-0.05, 0) is 42.3 Å². The van der Waals surface area contributed by atoms with Crippen molar-refractivity contribution in [3.63, 3.8) is 0 Å². The summed E-state index contributed by atoms with van der Waals surface area (Å²) in [6, 6.07) is 10.6. The number of benzene rings is 2. The average molecular weight is 436 g/mol. The number of aryl methyl sites for hydroxylation is 1. The number of carbonyl (C=O) groups excluding carboxylic acids is 1. The van der Waals surface area contributed by atoms with Crippen LogP contribution in [0.5, 0.6) is 0 Å². The molecule has 0 radical (unpaired) electrons. The molecule has 2 aromatic carbocycles. The van der Waals surface area contributed by atoms with Crippen molar-refractivity contribution in [3.05, 3.63) is 74.7 Å². The summed E-state index contributed by atoms with van der Waals surface area (Å²) < 4.78 is 39.7. The van der Waals surface area contributed by atoms with E-state index in [2.05, 4.69) is 5.32 Å². The molecule has 4 nitrogen and oxygen atoms in total. The first-order valence-corrected chi connectivity index (χ1v) is 11.2. The minimum absolute atomic E-state index is 0.0642. The highest BCUT2D eigenvalue weighted by Crippen LogP contribution is 2.47. The highest BCUT2D eigenvalue weighted by Gasteiger charge is 2.35. The van der Waals surface area contributed by atoms with Crippen LogP contribution in [0.1, 0.15) is 28.3 Å². The maximum Gasteiger partial charge on any atom is 0.225 e. The number of nitrogens with one attached hydrogen (secondary N) is 1. The monoisotopic (exact) mass is 435 g/mol. The largest absolute Gasteiger partial charge is 0.324 e. The molecular formula is C20H15ClFNO3S2. The fourth-order valence-electron chi connectivity index (χ4n) is 3.35. The number of halogens is 2. The second-order valence-corrected chi connectivity index (χ2v) is 9.87. The van der Waals surface area contributed by atoms with Crippen LogP contribution in [0.3, 0.4) is 0 Å². The van der Waals surface area contributed by atoms with Gasteiger partial charge < -0.3 is 5.32 Å². The highest BCUT2D eigenvalue weighted by atomic mass is 35.5. The van der Waals surface area contributed by atoms with Crippen LogP contribution in [0.2, 0.25) is 5.02 Å². The van der Waals surface area contributed by atoms with E-state index in [1.54, 1.807) is 23.6 Å². The first-order chi connectivity index (χ1) is 13.3. The van der Waals surface area contributed by atoms with Crippen molar-refractivity contribution in [2.24, 2.45) is 0 Å². The Labute approximate surface area is 170 Å². The molecule has 2 heterocycles. The van der Waals surface area contributed by atoms with Crippen LogP contribution in [0, 0.1) is 12.7 Å². The van der Waals surface area contributed by atoms with Gasteiger partial charge in [0.2, 0.25) is 15.7 Å². The molecule has 1 aliphatic rings. The third-order valence-corrected chi connectivity index (χ3v) is 8.03. The Bertz CT molecular complexity index is 1200. The zero-order valence-electron chi connectivity index (χ0n) is 14.7. The summed E-state index contributed by atoms with van der Waals surface area (Å²) in [5.41, 5.74) is 1.71. The van der Waals surface area contributed by atoms with Gasteiger partial charge in [-0.15, -0.1) is 11.3 Å². The zero-order chi connectivity index (χ0) is 20.1. The summed E-state index contributed by atoms with van der Waals surface area (Å²) in [6.45, 7) is 1.82. The molecule has 1 unspecified atom stereocenters. The minimum Gasteiger partial charge on any atom is -0.324 e. The van der Waals surface area contributed by atoms with Gasteiger partial charge in [0.15, 0.2) is 0 Å². The molecule has 0 fully saturated rings. The fourth-order valence-corrected chi connectivity index (χ4v) is 6.65. The molecule has 144 valence electrons. The van der Waals surface area contributed by atoms with E-state index in [0.717, 1.165) is 5.56 Å². The maximum atomic E-state index is 13.4. The van der Waals surface area contributed by atoms with Crippen LogP contribution >= 0.6 is 22.9 Å². The Hall–Kier alpha value is -2.22. The summed E-state index contributed by atoms with van der Waals surface area (Å²) >= 11 is 7.45. The second kappa shape index (κ2) is 6.99. The van der Waals surface area contributed by atoms with Gasteiger partial charge in [0.25, 0.3) is 0 Å². The van der Waals surface area contributed by atoms with Crippen LogP contribution in [0.4, 0.5) is 10.1 Å². The Morgan fingerprint density at radius 1 is 1.21 bits per heavy atom. The van der Waals surface area contributed by atoms with Crippen molar-refractivity contribution in [1.29, 1.82) is 0 Å². The van der Waals surface area contributed by atoms with Crippen molar-refractivity contribution in [2.75, 3.05) is 5.32 Å². The summed E-state index contributed by atoms with van der Waals surface area (Å²) in [5.74, 6) is -1.21. The number of hydrogen-bond acceptors (Lipinski definition) is 4. The standard InChI is InChI=1S/C20H15ClFNO3S2/c1-11-3-2-4-13(7-11)28(25,26)17-10-27-20-15(9-18(24)23-19(17)20)14-6-5-12(22)8-16(14)21/h2-8,10,15H,9H2,1H3,(H,23,24). The van der Waals surface area contributed by atoms with Crippen LogP contribution in [-0.2, 0) is 14.6 Å². The van der Waals surface area contributed by atoms with Crippen LogP contribution in [-0.4, -0.2) is 14.3 Å². The van der Waals surface area contributed by atoms with Gasteiger partial charge >= 0.3 is 0 Å². The molecule has 1 N–H and O–H groups in total. The quantitative estimate of drug-likeness (QED) is 0.618. The lowest BCUT2D eigenvalue weighted by molar-refractivity contribution is -0.116. The van der Waals surface area contributed by atoms with Crippen molar-refractivity contribution >= 4 is 44.4 Å². The molecule has 3 aromatic rings. The lowest BCUT2D eigenvalue weighted by Crippen LogP contribution is -2.23. The summed E-state index contributed by atoms with van der Waals surface area (Å²) in [4.78, 5) is 13.3. The number of carbonyl (C=O) groups is 1. The summed E-state index contributed by atoms with van der Waals surface area (Å²) in [7, 11) is -3.80. The van der Waals surface area contributed by atoms with E-state index in [1.807, 2.05) is 13.0 Å². The predicted molar refractivity (Wildman–Crippen MR) is 107 cm³/mol. The Morgan fingerprint density at radius 3 is 2.71 bits per heavy atom. The number of amides is 1. The smallest absolute Gasteiger partial charge is 0.225 e. The molecular weight excluding hydrogens is 421 g/mol. The molecule has 1 aromatic heterocycles. The molecule has 0 bridgehead atoms. The molecule has 0 saturated carbocycles. The Balaban J connectivity index is 1.85. The van der Waals surface area contributed by atoms with Crippen molar-refractivity contribution in [3.8, 4) is 0 Å². The maximum absolute atomic E-state index is 13.4. The molecule has 4 rings (SSSR count). The number of rotatable bonds is 3. The number of anilines is 1. The normalized spacial score (nSPS) is 16.5. The average Bonchev–Trinajstić information content (AvgIpc) is 3.05. The van der Waals surface area contributed by atoms with E-state index >= 15 is 0 Å². The lowest BCUT2D eigenvalue weighted by Gasteiger charge is -2.24. The molecule has 1 amide bonds. The molecule has 1 aliphatic heterocycles. The van der Waals surface area contributed by atoms with Gasteiger partial charge in [0.1, 0.15) is 10.7 Å². The van der Waals surface area contributed by atoms with Gasteiger partial charge in [-0.25, -0.2) is 12.8 Å². The first-order valence-electron chi connectivity index (χ1n) is 8.45. The van der Waals surface area contributed by atoms with Gasteiger partial charge in [-0.3, -0.25) is 4.79 Å². The summed E-state index contributed by atoms with van der Waals surface area (Å²) in [6.07, 6.45) is 0.114. The van der Waals surface area contributed by atoms with E-state index in [4.69, 9.17) is 11.6 Å². The Morgan fingerprint density at radius 2 is 2.00 bits per heavy atom.